The molecule has 106 valence electrons. The van der Waals surface area contributed by atoms with Gasteiger partial charge in [0.05, 0.1) is 0 Å². The van der Waals surface area contributed by atoms with Crippen LogP contribution in [0.15, 0.2) is 6.20 Å². The summed E-state index contributed by atoms with van der Waals surface area (Å²) >= 11 is 0. The molecule has 0 aliphatic carbocycles. The fourth-order valence-corrected chi connectivity index (χ4v) is 2.70. The van der Waals surface area contributed by atoms with Gasteiger partial charge in [-0.1, -0.05) is 0 Å². The Hall–Kier alpha value is -1.47. The summed E-state index contributed by atoms with van der Waals surface area (Å²) in [6.45, 7) is 9.51. The predicted molar refractivity (Wildman–Crippen MR) is 72.1 cm³/mol. The molecule has 1 N–H and O–H groups in total. The standard InChI is InChI=1S/C12H21N5O2/c1-9-6-13-7-10(2)15(9)4-5-16-11(3)14-8-12(16)17(18)19/h8-10,13H,4-7H2,1-3H3. The minimum absolute atomic E-state index is 0.0768. The molecule has 7 nitrogen and oxygen atoms in total. The smallest absolute Gasteiger partial charge is 0.342 e. The highest BCUT2D eigenvalue weighted by atomic mass is 16.6. The van der Waals surface area contributed by atoms with E-state index in [4.69, 9.17) is 0 Å². The van der Waals surface area contributed by atoms with Crippen molar-refractivity contribution in [2.45, 2.75) is 39.4 Å². The van der Waals surface area contributed by atoms with Crippen LogP contribution >= 0.6 is 0 Å². The van der Waals surface area contributed by atoms with Crippen LogP contribution in [0.3, 0.4) is 0 Å². The molecular weight excluding hydrogens is 246 g/mol. The van der Waals surface area contributed by atoms with Crippen molar-refractivity contribution in [2.75, 3.05) is 19.6 Å². The number of rotatable bonds is 4. The van der Waals surface area contributed by atoms with Crippen LogP contribution in [0.1, 0.15) is 19.7 Å². The Morgan fingerprint density at radius 1 is 1.42 bits per heavy atom. The van der Waals surface area contributed by atoms with Crippen LogP contribution in [0.5, 0.6) is 0 Å². The maximum absolute atomic E-state index is 10.9. The lowest BCUT2D eigenvalue weighted by Gasteiger charge is -2.39. The Labute approximate surface area is 112 Å². The predicted octanol–water partition coefficient (Wildman–Crippen LogP) is 0.782. The molecule has 0 radical (unpaired) electrons. The highest BCUT2D eigenvalue weighted by molar-refractivity contribution is 5.18. The molecule has 0 saturated carbocycles. The van der Waals surface area contributed by atoms with Gasteiger partial charge in [-0.25, -0.2) is 9.55 Å². The molecule has 7 heteroatoms. The molecule has 2 atom stereocenters. The summed E-state index contributed by atoms with van der Waals surface area (Å²) in [4.78, 5) is 17.0. The fraction of sp³-hybridized carbons (Fsp3) is 0.750. The SMILES string of the molecule is Cc1ncc([N+](=O)[O-])n1CCN1C(C)CNCC1C. The zero-order chi connectivity index (χ0) is 14.0. The van der Waals surface area contributed by atoms with Crippen LogP contribution < -0.4 is 5.32 Å². The second-order valence-corrected chi connectivity index (χ2v) is 5.17. The molecule has 1 aliphatic heterocycles. The number of aryl methyl sites for hydroxylation is 1. The van der Waals surface area contributed by atoms with Crippen molar-refractivity contribution >= 4 is 5.82 Å². The van der Waals surface area contributed by atoms with Crippen molar-refractivity contribution in [3.8, 4) is 0 Å². The van der Waals surface area contributed by atoms with Crippen molar-refractivity contribution in [1.29, 1.82) is 0 Å². The molecular formula is C12H21N5O2. The van der Waals surface area contributed by atoms with Gasteiger partial charge in [0, 0.05) is 38.6 Å². The molecule has 2 heterocycles. The van der Waals surface area contributed by atoms with E-state index in [1.807, 2.05) is 0 Å². The number of nitrogens with one attached hydrogen (secondary N) is 1. The van der Waals surface area contributed by atoms with E-state index in [-0.39, 0.29) is 10.7 Å². The molecule has 19 heavy (non-hydrogen) atoms. The number of nitrogens with zero attached hydrogens (tertiary/aromatic N) is 4. The molecule has 1 fully saturated rings. The average molecular weight is 267 g/mol. The summed E-state index contributed by atoms with van der Waals surface area (Å²) in [5.74, 6) is 0.773. The lowest BCUT2D eigenvalue weighted by molar-refractivity contribution is -0.392. The minimum atomic E-state index is -0.370. The van der Waals surface area contributed by atoms with Gasteiger partial charge in [0.15, 0.2) is 5.82 Å². The largest absolute Gasteiger partial charge is 0.358 e. The van der Waals surface area contributed by atoms with E-state index in [9.17, 15) is 10.1 Å². The second-order valence-electron chi connectivity index (χ2n) is 5.17. The van der Waals surface area contributed by atoms with Crippen molar-refractivity contribution in [2.24, 2.45) is 0 Å². The zero-order valence-corrected chi connectivity index (χ0v) is 11.7. The summed E-state index contributed by atoms with van der Waals surface area (Å²) in [5.41, 5.74) is 0. The maximum Gasteiger partial charge on any atom is 0.342 e. The van der Waals surface area contributed by atoms with Crippen LogP contribution in [0, 0.1) is 17.0 Å². The molecule has 2 rings (SSSR count). The van der Waals surface area contributed by atoms with Gasteiger partial charge in [0.2, 0.25) is 0 Å². The molecule has 1 aromatic rings. The first-order chi connectivity index (χ1) is 9.00. The van der Waals surface area contributed by atoms with Gasteiger partial charge in [-0.2, -0.15) is 0 Å². The van der Waals surface area contributed by atoms with E-state index < -0.39 is 0 Å². The van der Waals surface area contributed by atoms with Gasteiger partial charge in [-0.05, 0) is 18.8 Å². The molecule has 1 saturated heterocycles. The number of hydrogen-bond donors (Lipinski definition) is 1. The summed E-state index contributed by atoms with van der Waals surface area (Å²) < 4.78 is 1.68. The highest BCUT2D eigenvalue weighted by Crippen LogP contribution is 2.15. The first-order valence-corrected chi connectivity index (χ1v) is 6.63. The Kier molecular flexibility index (Phi) is 4.16. The summed E-state index contributed by atoms with van der Waals surface area (Å²) in [7, 11) is 0. The Morgan fingerprint density at radius 2 is 2.05 bits per heavy atom. The summed E-state index contributed by atoms with van der Waals surface area (Å²) in [6, 6.07) is 0.901. The van der Waals surface area contributed by atoms with Crippen LogP contribution in [0.2, 0.25) is 0 Å². The van der Waals surface area contributed by atoms with Gasteiger partial charge in [-0.3, -0.25) is 4.90 Å². The van der Waals surface area contributed by atoms with Crippen molar-refractivity contribution in [3.05, 3.63) is 22.1 Å². The number of hydrogen-bond acceptors (Lipinski definition) is 5. The third-order valence-corrected chi connectivity index (χ3v) is 3.81. The van der Waals surface area contributed by atoms with Gasteiger partial charge in [-0.15, -0.1) is 0 Å². The quantitative estimate of drug-likeness (QED) is 0.644. The topological polar surface area (TPSA) is 76.2 Å². The minimum Gasteiger partial charge on any atom is -0.358 e. The van der Waals surface area contributed by atoms with E-state index >= 15 is 0 Å². The Balaban J connectivity index is 2.05. The molecule has 0 aromatic carbocycles. The molecule has 0 spiro atoms. The number of piperazine rings is 1. The maximum atomic E-state index is 10.9. The lowest BCUT2D eigenvalue weighted by atomic mass is 10.1. The normalized spacial score (nSPS) is 24.6. The molecule has 1 aliphatic rings. The van der Waals surface area contributed by atoms with Crippen molar-refractivity contribution in [1.82, 2.24) is 19.8 Å². The van der Waals surface area contributed by atoms with Crippen LogP contribution in [-0.2, 0) is 6.54 Å². The first kappa shape index (κ1) is 14.0. The van der Waals surface area contributed by atoms with E-state index in [0.717, 1.165) is 19.6 Å². The van der Waals surface area contributed by atoms with E-state index in [1.165, 1.54) is 6.20 Å². The number of nitro groups is 1. The Bertz CT molecular complexity index is 449. The van der Waals surface area contributed by atoms with Gasteiger partial charge in [0.1, 0.15) is 12.7 Å². The van der Waals surface area contributed by atoms with Crippen LogP contribution in [0.4, 0.5) is 5.82 Å². The van der Waals surface area contributed by atoms with Gasteiger partial charge < -0.3 is 15.4 Å². The average Bonchev–Trinajstić information content (AvgIpc) is 2.70. The fourth-order valence-electron chi connectivity index (χ4n) is 2.70. The lowest BCUT2D eigenvalue weighted by Crippen LogP contribution is -2.55. The molecule has 1 aromatic heterocycles. The zero-order valence-electron chi connectivity index (χ0n) is 11.7. The summed E-state index contributed by atoms with van der Waals surface area (Å²) in [5, 5.41) is 14.3. The van der Waals surface area contributed by atoms with Gasteiger partial charge in [0.25, 0.3) is 0 Å². The first-order valence-electron chi connectivity index (χ1n) is 6.63. The van der Waals surface area contributed by atoms with Crippen LogP contribution in [0.25, 0.3) is 0 Å². The van der Waals surface area contributed by atoms with E-state index in [2.05, 4.69) is 29.0 Å². The molecule has 0 bridgehead atoms. The highest BCUT2D eigenvalue weighted by Gasteiger charge is 2.26. The summed E-state index contributed by atoms with van der Waals surface area (Å²) in [6.07, 6.45) is 1.33. The third-order valence-electron chi connectivity index (χ3n) is 3.81. The molecule has 0 amide bonds. The van der Waals surface area contributed by atoms with E-state index in [0.29, 0.717) is 24.5 Å². The Morgan fingerprint density at radius 3 is 2.63 bits per heavy atom. The van der Waals surface area contributed by atoms with Crippen molar-refractivity contribution in [3.63, 3.8) is 0 Å². The molecule has 2 unspecified atom stereocenters. The van der Waals surface area contributed by atoms with E-state index in [1.54, 1.807) is 11.5 Å². The number of aromatic nitrogens is 2. The third kappa shape index (κ3) is 2.93. The monoisotopic (exact) mass is 267 g/mol. The van der Waals surface area contributed by atoms with Crippen molar-refractivity contribution < 1.29 is 4.92 Å². The number of imidazole rings is 1. The van der Waals surface area contributed by atoms with Gasteiger partial charge >= 0.3 is 5.82 Å². The second kappa shape index (κ2) is 5.66. The van der Waals surface area contributed by atoms with Crippen LogP contribution in [-0.4, -0.2) is 51.1 Å².